The highest BCUT2D eigenvalue weighted by Gasteiger charge is 2.30. The SMILES string of the molecule is O=C1NC(C2CCSNC2)Cc2ccccc21. The third-order valence-electron chi connectivity index (χ3n) is 3.63. The van der Waals surface area contributed by atoms with Gasteiger partial charge in [-0.3, -0.25) is 9.52 Å². The first-order chi connectivity index (χ1) is 8.34. The van der Waals surface area contributed by atoms with Crippen molar-refractivity contribution in [1.82, 2.24) is 10.0 Å². The Kier molecular flexibility index (Phi) is 3.07. The Morgan fingerprint density at radius 3 is 3.00 bits per heavy atom. The minimum Gasteiger partial charge on any atom is -0.349 e. The molecule has 2 unspecified atom stereocenters. The van der Waals surface area contributed by atoms with Gasteiger partial charge < -0.3 is 5.32 Å². The van der Waals surface area contributed by atoms with Gasteiger partial charge in [-0.05, 0) is 30.4 Å². The number of carbonyl (C=O) groups excluding carboxylic acids is 1. The summed E-state index contributed by atoms with van der Waals surface area (Å²) in [4.78, 5) is 12.0. The second-order valence-electron chi connectivity index (χ2n) is 4.69. The monoisotopic (exact) mass is 248 g/mol. The van der Waals surface area contributed by atoms with E-state index in [1.807, 2.05) is 18.2 Å². The van der Waals surface area contributed by atoms with E-state index in [1.165, 1.54) is 12.0 Å². The largest absolute Gasteiger partial charge is 0.349 e. The van der Waals surface area contributed by atoms with Crippen LogP contribution in [-0.4, -0.2) is 24.2 Å². The van der Waals surface area contributed by atoms with Crippen LogP contribution in [0.15, 0.2) is 24.3 Å². The summed E-state index contributed by atoms with van der Waals surface area (Å²) in [5, 5.41) is 3.15. The van der Waals surface area contributed by atoms with Crippen molar-refractivity contribution in [2.45, 2.75) is 18.9 Å². The molecule has 1 aromatic carbocycles. The Morgan fingerprint density at radius 1 is 1.29 bits per heavy atom. The molecule has 0 bridgehead atoms. The van der Waals surface area contributed by atoms with Gasteiger partial charge in [0.25, 0.3) is 5.91 Å². The Bertz CT molecular complexity index is 429. The van der Waals surface area contributed by atoms with Crippen LogP contribution in [0.5, 0.6) is 0 Å². The molecular weight excluding hydrogens is 232 g/mol. The third-order valence-corrected chi connectivity index (χ3v) is 4.44. The summed E-state index contributed by atoms with van der Waals surface area (Å²) >= 11 is 1.79. The molecule has 1 fully saturated rings. The predicted molar refractivity (Wildman–Crippen MR) is 70.0 cm³/mol. The van der Waals surface area contributed by atoms with Crippen molar-refractivity contribution in [2.24, 2.45) is 5.92 Å². The van der Waals surface area contributed by atoms with E-state index >= 15 is 0 Å². The first-order valence-corrected chi connectivity index (χ1v) is 7.06. The van der Waals surface area contributed by atoms with Crippen LogP contribution >= 0.6 is 11.9 Å². The molecule has 2 heterocycles. The van der Waals surface area contributed by atoms with Crippen LogP contribution in [0.3, 0.4) is 0 Å². The molecule has 2 aliphatic heterocycles. The Balaban J connectivity index is 1.80. The predicted octanol–water partition coefficient (Wildman–Crippen LogP) is 1.60. The molecule has 1 saturated heterocycles. The molecular formula is C13H16N2OS. The first-order valence-electron chi connectivity index (χ1n) is 6.08. The molecule has 0 aromatic heterocycles. The van der Waals surface area contributed by atoms with Gasteiger partial charge in [-0.15, -0.1) is 0 Å². The number of carbonyl (C=O) groups is 1. The van der Waals surface area contributed by atoms with Crippen LogP contribution in [0.1, 0.15) is 22.3 Å². The van der Waals surface area contributed by atoms with Crippen molar-refractivity contribution >= 4 is 17.9 Å². The van der Waals surface area contributed by atoms with Gasteiger partial charge in [0.2, 0.25) is 0 Å². The molecule has 2 atom stereocenters. The quantitative estimate of drug-likeness (QED) is 0.742. The summed E-state index contributed by atoms with van der Waals surface area (Å²) in [7, 11) is 0. The van der Waals surface area contributed by atoms with E-state index in [4.69, 9.17) is 0 Å². The summed E-state index contributed by atoms with van der Waals surface area (Å²) in [6.07, 6.45) is 2.16. The fourth-order valence-electron chi connectivity index (χ4n) is 2.63. The van der Waals surface area contributed by atoms with Gasteiger partial charge in [-0.1, -0.05) is 30.1 Å². The number of nitrogens with one attached hydrogen (secondary N) is 2. The lowest BCUT2D eigenvalue weighted by molar-refractivity contribution is 0.0906. The molecule has 2 aliphatic rings. The zero-order chi connectivity index (χ0) is 11.7. The number of amides is 1. The lowest BCUT2D eigenvalue weighted by Crippen LogP contribution is -2.49. The highest BCUT2D eigenvalue weighted by molar-refractivity contribution is 7.97. The highest BCUT2D eigenvalue weighted by atomic mass is 32.2. The summed E-state index contributed by atoms with van der Waals surface area (Å²) in [5.41, 5.74) is 2.04. The average Bonchev–Trinajstić information content (AvgIpc) is 2.40. The van der Waals surface area contributed by atoms with Crippen LogP contribution in [0, 0.1) is 5.92 Å². The highest BCUT2D eigenvalue weighted by Crippen LogP contribution is 2.24. The van der Waals surface area contributed by atoms with Crippen molar-refractivity contribution in [2.75, 3.05) is 12.3 Å². The van der Waals surface area contributed by atoms with Gasteiger partial charge in [-0.2, -0.15) is 0 Å². The molecule has 1 amide bonds. The fraction of sp³-hybridized carbons (Fsp3) is 0.462. The molecule has 0 saturated carbocycles. The molecule has 2 N–H and O–H groups in total. The summed E-state index contributed by atoms with van der Waals surface area (Å²) in [6, 6.07) is 8.23. The van der Waals surface area contributed by atoms with E-state index in [2.05, 4.69) is 16.1 Å². The van der Waals surface area contributed by atoms with Crippen molar-refractivity contribution in [3.05, 3.63) is 35.4 Å². The summed E-state index contributed by atoms with van der Waals surface area (Å²) in [5.74, 6) is 1.79. The van der Waals surface area contributed by atoms with E-state index in [-0.39, 0.29) is 5.91 Å². The average molecular weight is 248 g/mol. The van der Waals surface area contributed by atoms with Gasteiger partial charge in [-0.25, -0.2) is 0 Å². The molecule has 90 valence electrons. The van der Waals surface area contributed by atoms with Crippen LogP contribution in [-0.2, 0) is 6.42 Å². The maximum atomic E-state index is 12.0. The zero-order valence-corrected chi connectivity index (χ0v) is 10.4. The molecule has 0 radical (unpaired) electrons. The van der Waals surface area contributed by atoms with E-state index in [1.54, 1.807) is 11.9 Å². The van der Waals surface area contributed by atoms with Crippen molar-refractivity contribution in [3.63, 3.8) is 0 Å². The number of hydrogen-bond donors (Lipinski definition) is 2. The Hall–Kier alpha value is -1.00. The van der Waals surface area contributed by atoms with Crippen LogP contribution in [0.2, 0.25) is 0 Å². The molecule has 1 aromatic rings. The number of rotatable bonds is 1. The zero-order valence-electron chi connectivity index (χ0n) is 9.61. The Labute approximate surface area is 105 Å². The van der Waals surface area contributed by atoms with Gasteiger partial charge in [0.15, 0.2) is 0 Å². The first kappa shape index (κ1) is 11.1. The van der Waals surface area contributed by atoms with Gasteiger partial charge >= 0.3 is 0 Å². The van der Waals surface area contributed by atoms with Gasteiger partial charge in [0.05, 0.1) is 0 Å². The number of hydrogen-bond acceptors (Lipinski definition) is 3. The second kappa shape index (κ2) is 4.70. The minimum atomic E-state index is 0.0927. The van der Waals surface area contributed by atoms with Crippen molar-refractivity contribution in [1.29, 1.82) is 0 Å². The van der Waals surface area contributed by atoms with E-state index in [0.717, 1.165) is 24.3 Å². The van der Waals surface area contributed by atoms with Gasteiger partial charge in [0, 0.05) is 23.9 Å². The van der Waals surface area contributed by atoms with Crippen LogP contribution in [0.4, 0.5) is 0 Å². The number of benzene rings is 1. The van der Waals surface area contributed by atoms with E-state index < -0.39 is 0 Å². The summed E-state index contributed by atoms with van der Waals surface area (Å²) < 4.78 is 3.34. The van der Waals surface area contributed by atoms with E-state index in [9.17, 15) is 4.79 Å². The van der Waals surface area contributed by atoms with Crippen LogP contribution in [0.25, 0.3) is 0 Å². The van der Waals surface area contributed by atoms with Gasteiger partial charge in [0.1, 0.15) is 0 Å². The lowest BCUT2D eigenvalue weighted by atomic mass is 9.86. The lowest BCUT2D eigenvalue weighted by Gasteiger charge is -2.34. The summed E-state index contributed by atoms with van der Waals surface area (Å²) in [6.45, 7) is 0.998. The molecule has 0 spiro atoms. The second-order valence-corrected chi connectivity index (χ2v) is 5.67. The molecule has 3 rings (SSSR count). The minimum absolute atomic E-state index is 0.0927. The molecule has 4 heteroatoms. The smallest absolute Gasteiger partial charge is 0.251 e. The maximum Gasteiger partial charge on any atom is 0.251 e. The van der Waals surface area contributed by atoms with Crippen molar-refractivity contribution < 1.29 is 4.79 Å². The third kappa shape index (κ3) is 2.19. The Morgan fingerprint density at radius 2 is 2.18 bits per heavy atom. The van der Waals surface area contributed by atoms with Crippen LogP contribution < -0.4 is 10.0 Å². The molecule has 0 aliphatic carbocycles. The maximum absolute atomic E-state index is 12.0. The van der Waals surface area contributed by atoms with Crippen molar-refractivity contribution in [3.8, 4) is 0 Å². The number of fused-ring (bicyclic) bond motifs is 1. The topological polar surface area (TPSA) is 41.1 Å². The fourth-order valence-corrected chi connectivity index (χ4v) is 3.53. The van der Waals surface area contributed by atoms with E-state index in [0.29, 0.717) is 12.0 Å². The normalized spacial score (nSPS) is 28.4. The molecule has 17 heavy (non-hydrogen) atoms. The standard InChI is InChI=1S/C13H16N2OS/c16-13-11-4-2-1-3-9(11)7-12(15-13)10-5-6-17-14-8-10/h1-4,10,12,14H,5-8H2,(H,15,16). The molecule has 3 nitrogen and oxygen atoms in total.